The van der Waals surface area contributed by atoms with Gasteiger partial charge in [-0.2, -0.15) is 0 Å². The van der Waals surface area contributed by atoms with Crippen molar-refractivity contribution < 1.29 is 4.79 Å². The number of benzene rings is 2. The van der Waals surface area contributed by atoms with Crippen LogP contribution in [-0.4, -0.2) is 21.9 Å². The lowest BCUT2D eigenvalue weighted by atomic mass is 9.96. The lowest BCUT2D eigenvalue weighted by molar-refractivity contribution is 0.244. The number of alkyl halides is 1. The van der Waals surface area contributed by atoms with Crippen LogP contribution in [0.25, 0.3) is 16.9 Å². The normalized spacial score (nSPS) is 14.4. The maximum Gasteiger partial charge on any atom is 0.320 e. The van der Waals surface area contributed by atoms with E-state index in [0.717, 1.165) is 47.0 Å². The molecule has 9 heteroatoms. The number of hydrogen-bond donors (Lipinski definition) is 2. The molecule has 1 saturated carbocycles. The standard InChI is InChI=1S/C23H22Br2Cl2N4O/c24-13-18-21(14-6-8-15(25)9-7-14)31(20-11-10-16(26)12-19(20)27)30-22(18)29-23(32)28-17-4-2-1-3-5-17/h6-12,17H,1-5,13H2,(H2,28,29,30,32). The summed E-state index contributed by atoms with van der Waals surface area (Å²) in [6.07, 6.45) is 5.55. The van der Waals surface area contributed by atoms with Crippen LogP contribution in [0.3, 0.4) is 0 Å². The van der Waals surface area contributed by atoms with Crippen LogP contribution in [0.5, 0.6) is 0 Å². The van der Waals surface area contributed by atoms with Crippen LogP contribution in [0.1, 0.15) is 37.7 Å². The maximum atomic E-state index is 12.8. The molecule has 0 radical (unpaired) electrons. The van der Waals surface area contributed by atoms with Gasteiger partial charge in [0.15, 0.2) is 5.82 Å². The van der Waals surface area contributed by atoms with E-state index in [9.17, 15) is 4.79 Å². The molecule has 0 atom stereocenters. The van der Waals surface area contributed by atoms with Gasteiger partial charge >= 0.3 is 6.03 Å². The number of carbonyl (C=O) groups excluding carboxylic acids is 1. The molecular formula is C23H22Br2Cl2N4O. The van der Waals surface area contributed by atoms with Gasteiger partial charge in [-0.1, -0.05) is 86.5 Å². The fourth-order valence-electron chi connectivity index (χ4n) is 3.98. The Morgan fingerprint density at radius 2 is 1.81 bits per heavy atom. The number of hydrogen-bond acceptors (Lipinski definition) is 2. The summed E-state index contributed by atoms with van der Waals surface area (Å²) in [4.78, 5) is 12.8. The largest absolute Gasteiger partial charge is 0.335 e. The minimum atomic E-state index is -0.242. The minimum absolute atomic E-state index is 0.204. The Labute approximate surface area is 214 Å². The van der Waals surface area contributed by atoms with Crippen LogP contribution in [0.2, 0.25) is 10.0 Å². The first-order chi connectivity index (χ1) is 15.5. The Bertz CT molecular complexity index is 1110. The number of aromatic nitrogens is 2. The van der Waals surface area contributed by atoms with Crippen LogP contribution in [0.15, 0.2) is 46.9 Å². The van der Waals surface area contributed by atoms with Crippen molar-refractivity contribution in [1.29, 1.82) is 0 Å². The molecule has 0 spiro atoms. The van der Waals surface area contributed by atoms with Crippen molar-refractivity contribution in [3.05, 3.63) is 62.5 Å². The minimum Gasteiger partial charge on any atom is -0.335 e. The van der Waals surface area contributed by atoms with Crippen LogP contribution < -0.4 is 10.6 Å². The Hall–Kier alpha value is -1.54. The number of urea groups is 1. The molecule has 4 rings (SSSR count). The molecule has 2 aromatic carbocycles. The van der Waals surface area contributed by atoms with Gasteiger partial charge in [-0.15, -0.1) is 5.10 Å². The van der Waals surface area contributed by atoms with Crippen molar-refractivity contribution >= 4 is 66.9 Å². The predicted molar refractivity (Wildman–Crippen MR) is 138 cm³/mol. The quantitative estimate of drug-likeness (QED) is 0.292. The van der Waals surface area contributed by atoms with E-state index in [1.54, 1.807) is 16.8 Å². The number of rotatable bonds is 5. The van der Waals surface area contributed by atoms with Gasteiger partial charge in [-0.05, 0) is 43.2 Å². The van der Waals surface area contributed by atoms with Gasteiger partial charge in [-0.25, -0.2) is 9.48 Å². The Morgan fingerprint density at radius 1 is 1.09 bits per heavy atom. The van der Waals surface area contributed by atoms with E-state index >= 15 is 0 Å². The lowest BCUT2D eigenvalue weighted by Crippen LogP contribution is -2.39. The second kappa shape index (κ2) is 10.6. The number of nitrogens with one attached hydrogen (secondary N) is 2. The van der Waals surface area contributed by atoms with Crippen LogP contribution in [0.4, 0.5) is 10.6 Å². The summed E-state index contributed by atoms with van der Waals surface area (Å²) >= 11 is 19.7. The van der Waals surface area contributed by atoms with E-state index in [1.165, 1.54) is 6.42 Å². The summed E-state index contributed by atoms with van der Waals surface area (Å²) in [5, 5.41) is 12.3. The lowest BCUT2D eigenvalue weighted by Gasteiger charge is -2.22. The molecule has 1 heterocycles. The SMILES string of the molecule is O=C(Nc1nn(-c2ccc(Cl)cc2Cl)c(-c2ccc(Br)cc2)c1CBr)NC1CCCCC1. The molecule has 2 N–H and O–H groups in total. The summed E-state index contributed by atoms with van der Waals surface area (Å²) < 4.78 is 2.73. The van der Waals surface area contributed by atoms with E-state index in [0.29, 0.717) is 26.9 Å². The van der Waals surface area contributed by atoms with E-state index in [2.05, 4.69) is 42.5 Å². The number of amides is 2. The summed E-state index contributed by atoms with van der Waals surface area (Å²) in [6.45, 7) is 0. The summed E-state index contributed by atoms with van der Waals surface area (Å²) in [7, 11) is 0. The fraction of sp³-hybridized carbons (Fsp3) is 0.304. The number of halogens is 4. The predicted octanol–water partition coefficient (Wildman–Crippen LogP) is 7.96. The molecule has 0 saturated heterocycles. The van der Waals surface area contributed by atoms with Gasteiger partial charge in [0.05, 0.1) is 16.4 Å². The Kier molecular flexibility index (Phi) is 7.82. The van der Waals surface area contributed by atoms with E-state index < -0.39 is 0 Å². The number of nitrogens with zero attached hydrogens (tertiary/aromatic N) is 2. The highest BCUT2D eigenvalue weighted by atomic mass is 79.9. The van der Waals surface area contributed by atoms with Crippen molar-refractivity contribution in [3.8, 4) is 16.9 Å². The van der Waals surface area contributed by atoms with Crippen LogP contribution in [-0.2, 0) is 5.33 Å². The molecule has 1 aliphatic rings. The molecule has 2 amide bonds. The summed E-state index contributed by atoms with van der Waals surface area (Å²) in [6, 6.07) is 13.2. The molecule has 1 aliphatic carbocycles. The second-order valence-electron chi connectivity index (χ2n) is 7.76. The second-order valence-corrected chi connectivity index (χ2v) is 10.1. The molecule has 3 aromatic rings. The highest BCUT2D eigenvalue weighted by Gasteiger charge is 2.23. The van der Waals surface area contributed by atoms with E-state index in [4.69, 9.17) is 28.3 Å². The average Bonchev–Trinajstić information content (AvgIpc) is 3.12. The zero-order valence-corrected chi connectivity index (χ0v) is 21.9. The number of anilines is 1. The van der Waals surface area contributed by atoms with Crippen molar-refractivity contribution in [3.63, 3.8) is 0 Å². The summed E-state index contributed by atoms with van der Waals surface area (Å²) in [5.41, 5.74) is 3.32. The first-order valence-corrected chi connectivity index (χ1v) is 13.1. The van der Waals surface area contributed by atoms with Gasteiger partial charge in [0.1, 0.15) is 0 Å². The average molecular weight is 601 g/mol. The smallest absolute Gasteiger partial charge is 0.320 e. The molecular weight excluding hydrogens is 579 g/mol. The third-order valence-electron chi connectivity index (χ3n) is 5.55. The third kappa shape index (κ3) is 5.33. The molecule has 32 heavy (non-hydrogen) atoms. The van der Waals surface area contributed by atoms with Gasteiger partial charge in [-0.3, -0.25) is 5.32 Å². The van der Waals surface area contributed by atoms with Gasteiger partial charge in [0, 0.05) is 32.0 Å². The molecule has 0 bridgehead atoms. The highest BCUT2D eigenvalue weighted by molar-refractivity contribution is 9.10. The monoisotopic (exact) mass is 598 g/mol. The molecule has 1 fully saturated rings. The van der Waals surface area contributed by atoms with E-state index in [-0.39, 0.29) is 12.1 Å². The Balaban J connectivity index is 1.75. The molecule has 1 aromatic heterocycles. The van der Waals surface area contributed by atoms with Crippen molar-refractivity contribution in [2.75, 3.05) is 5.32 Å². The topological polar surface area (TPSA) is 59.0 Å². The highest BCUT2D eigenvalue weighted by Crippen LogP contribution is 2.36. The zero-order chi connectivity index (χ0) is 22.7. The van der Waals surface area contributed by atoms with Crippen molar-refractivity contribution in [2.45, 2.75) is 43.5 Å². The van der Waals surface area contributed by atoms with E-state index in [1.807, 2.05) is 30.3 Å². The van der Waals surface area contributed by atoms with Crippen LogP contribution in [0, 0.1) is 0 Å². The molecule has 0 aliphatic heterocycles. The molecule has 0 unspecified atom stereocenters. The molecule has 5 nitrogen and oxygen atoms in total. The fourth-order valence-corrected chi connectivity index (χ4v) is 5.27. The van der Waals surface area contributed by atoms with Gasteiger partial charge in [0.25, 0.3) is 0 Å². The maximum absolute atomic E-state index is 12.8. The first kappa shape index (κ1) is 23.6. The van der Waals surface area contributed by atoms with Crippen molar-refractivity contribution in [1.82, 2.24) is 15.1 Å². The first-order valence-electron chi connectivity index (χ1n) is 10.4. The van der Waals surface area contributed by atoms with Gasteiger partial charge < -0.3 is 5.32 Å². The summed E-state index contributed by atoms with van der Waals surface area (Å²) in [5.74, 6) is 0.485. The van der Waals surface area contributed by atoms with Gasteiger partial charge in [0.2, 0.25) is 0 Å². The number of carbonyl (C=O) groups is 1. The zero-order valence-electron chi connectivity index (χ0n) is 17.2. The van der Waals surface area contributed by atoms with Crippen LogP contribution >= 0.6 is 55.1 Å². The third-order valence-corrected chi connectivity index (χ3v) is 7.17. The Morgan fingerprint density at radius 3 is 2.47 bits per heavy atom. The van der Waals surface area contributed by atoms with Crippen molar-refractivity contribution in [2.24, 2.45) is 0 Å². The molecule has 168 valence electrons.